The fourth-order valence-corrected chi connectivity index (χ4v) is 5.92. The maximum atomic E-state index is 10.6. The van der Waals surface area contributed by atoms with Gasteiger partial charge >= 0.3 is 0 Å². The van der Waals surface area contributed by atoms with E-state index in [0.29, 0.717) is 22.1 Å². The van der Waals surface area contributed by atoms with E-state index in [0.717, 1.165) is 28.1 Å². The predicted octanol–water partition coefficient (Wildman–Crippen LogP) is 8.14. The molecule has 1 aromatic heterocycles. The molecule has 0 spiro atoms. The summed E-state index contributed by atoms with van der Waals surface area (Å²) in [5, 5.41) is 21.3. The van der Waals surface area contributed by atoms with E-state index >= 15 is 0 Å². The molecule has 3 nitrogen and oxygen atoms in total. The minimum Gasteiger partial charge on any atom is -0.391 e. The highest BCUT2D eigenvalue weighted by atomic mass is 32.2. The number of pyridine rings is 1. The Morgan fingerprint density at radius 1 is 0.914 bits per heavy atom. The van der Waals surface area contributed by atoms with Gasteiger partial charge in [-0.3, -0.25) is 0 Å². The number of aliphatic hydroxyl groups is 1. The van der Waals surface area contributed by atoms with E-state index in [9.17, 15) is 10.4 Å². The van der Waals surface area contributed by atoms with Gasteiger partial charge in [0.2, 0.25) is 0 Å². The van der Waals surface area contributed by atoms with Crippen LogP contribution in [0.25, 0.3) is 22.4 Å². The van der Waals surface area contributed by atoms with Crippen LogP contribution in [0.15, 0.2) is 65.7 Å². The molecule has 5 heteroatoms. The van der Waals surface area contributed by atoms with Crippen LogP contribution in [0.3, 0.4) is 0 Å². The van der Waals surface area contributed by atoms with Gasteiger partial charge in [-0.1, -0.05) is 99.2 Å². The van der Waals surface area contributed by atoms with Gasteiger partial charge in [-0.25, -0.2) is 4.98 Å². The van der Waals surface area contributed by atoms with Gasteiger partial charge < -0.3 is 5.11 Å². The van der Waals surface area contributed by atoms with E-state index in [2.05, 4.69) is 44.2 Å². The lowest BCUT2D eigenvalue weighted by Crippen LogP contribution is -2.14. The summed E-state index contributed by atoms with van der Waals surface area (Å²) >= 11 is 3.30. The molecule has 2 aromatic carbocycles. The van der Waals surface area contributed by atoms with Crippen LogP contribution in [0.4, 0.5) is 0 Å². The molecule has 3 aromatic rings. The van der Waals surface area contributed by atoms with Crippen molar-refractivity contribution in [2.24, 2.45) is 0 Å². The number of unbranched alkanes of at least 4 members (excludes halogenated alkanes) is 5. The highest BCUT2D eigenvalue weighted by molar-refractivity contribution is 8.00. The van der Waals surface area contributed by atoms with Crippen LogP contribution < -0.4 is 0 Å². The fourth-order valence-electron chi connectivity index (χ4n) is 3.88. The van der Waals surface area contributed by atoms with Gasteiger partial charge in [-0.05, 0) is 30.7 Å². The molecule has 0 aliphatic heterocycles. The van der Waals surface area contributed by atoms with E-state index in [1.807, 2.05) is 48.2 Å². The second-order valence-electron chi connectivity index (χ2n) is 8.89. The molecule has 1 heterocycles. The van der Waals surface area contributed by atoms with E-state index in [1.165, 1.54) is 55.9 Å². The summed E-state index contributed by atoms with van der Waals surface area (Å²) < 4.78 is 0. The first-order chi connectivity index (χ1) is 17.1. The number of thioether (sulfide) groups is 2. The van der Waals surface area contributed by atoms with Gasteiger partial charge in [-0.2, -0.15) is 17.0 Å². The number of hydrogen-bond donors (Lipinski definition) is 1. The standard InChI is InChI=1S/C30H36N2OS2/c1-3-4-5-6-7-11-18-34-21-26(33)22-35-30-28(20-31)27(24-12-9-8-10-13-24)19-29(32-30)25-16-14-23(2)15-17-25/h8-10,12-17,19,26,33H,3-7,11,18,21-22H2,1-2H3. The average Bonchev–Trinajstić information content (AvgIpc) is 2.89. The molecule has 0 saturated heterocycles. The molecular weight excluding hydrogens is 468 g/mol. The molecule has 184 valence electrons. The molecular formula is C30H36N2OS2. The molecule has 1 unspecified atom stereocenters. The lowest BCUT2D eigenvalue weighted by molar-refractivity contribution is 0.225. The maximum Gasteiger partial charge on any atom is 0.115 e. The third kappa shape index (κ3) is 8.72. The average molecular weight is 505 g/mol. The smallest absolute Gasteiger partial charge is 0.115 e. The van der Waals surface area contributed by atoms with E-state index in [4.69, 9.17) is 4.98 Å². The van der Waals surface area contributed by atoms with Crippen molar-refractivity contribution < 1.29 is 5.11 Å². The van der Waals surface area contributed by atoms with Gasteiger partial charge in [0.25, 0.3) is 0 Å². The molecule has 0 amide bonds. The van der Waals surface area contributed by atoms with Crippen LogP contribution in [0.2, 0.25) is 0 Å². The van der Waals surface area contributed by atoms with Crippen molar-refractivity contribution in [3.05, 3.63) is 71.8 Å². The molecule has 1 atom stereocenters. The van der Waals surface area contributed by atoms with Crippen molar-refractivity contribution in [2.45, 2.75) is 63.5 Å². The zero-order chi connectivity index (χ0) is 24.9. The van der Waals surface area contributed by atoms with Crippen molar-refractivity contribution in [2.75, 3.05) is 17.3 Å². The Hall–Kier alpha value is -2.26. The minimum atomic E-state index is -0.429. The van der Waals surface area contributed by atoms with Gasteiger partial charge in [0.05, 0.1) is 17.4 Å². The highest BCUT2D eigenvalue weighted by Crippen LogP contribution is 2.34. The van der Waals surface area contributed by atoms with E-state index in [-0.39, 0.29) is 0 Å². The van der Waals surface area contributed by atoms with Crippen LogP contribution in [-0.2, 0) is 0 Å². The van der Waals surface area contributed by atoms with Gasteiger partial charge in [0.1, 0.15) is 11.1 Å². The van der Waals surface area contributed by atoms with Crippen LogP contribution in [0.5, 0.6) is 0 Å². The quantitative estimate of drug-likeness (QED) is 0.177. The van der Waals surface area contributed by atoms with Gasteiger partial charge in [0.15, 0.2) is 0 Å². The second-order valence-corrected chi connectivity index (χ2v) is 11.0. The summed E-state index contributed by atoms with van der Waals surface area (Å²) in [5.74, 6) is 2.33. The van der Waals surface area contributed by atoms with Crippen LogP contribution >= 0.6 is 23.5 Å². The monoisotopic (exact) mass is 504 g/mol. The molecule has 0 aliphatic carbocycles. The van der Waals surface area contributed by atoms with Gasteiger partial charge in [-0.15, -0.1) is 11.8 Å². The topological polar surface area (TPSA) is 56.9 Å². The summed E-state index contributed by atoms with van der Waals surface area (Å²) in [6, 6.07) is 22.7. The number of rotatable bonds is 14. The van der Waals surface area contributed by atoms with Gasteiger partial charge in [0, 0.05) is 22.6 Å². The third-order valence-electron chi connectivity index (χ3n) is 5.90. The largest absolute Gasteiger partial charge is 0.391 e. The Kier molecular flexibility index (Phi) is 11.7. The molecule has 0 radical (unpaired) electrons. The molecule has 3 rings (SSSR count). The molecule has 0 saturated carbocycles. The number of aryl methyl sites for hydroxylation is 1. The summed E-state index contributed by atoms with van der Waals surface area (Å²) in [7, 11) is 0. The second kappa shape index (κ2) is 15.0. The normalized spacial score (nSPS) is 11.8. The Morgan fingerprint density at radius 3 is 2.34 bits per heavy atom. The SMILES string of the molecule is CCCCCCCCSCC(O)CSc1nc(-c2ccc(C)cc2)cc(-c2ccccc2)c1C#N. The van der Waals surface area contributed by atoms with E-state index in [1.54, 1.807) is 0 Å². The maximum absolute atomic E-state index is 10.6. The molecule has 0 aliphatic rings. The number of aliphatic hydroxyl groups excluding tert-OH is 1. The number of benzene rings is 2. The van der Waals surface area contributed by atoms with Crippen molar-refractivity contribution in [3.8, 4) is 28.5 Å². The molecule has 35 heavy (non-hydrogen) atoms. The molecule has 0 fully saturated rings. The summed E-state index contributed by atoms with van der Waals surface area (Å²) in [6.07, 6.45) is 7.33. The zero-order valence-electron chi connectivity index (χ0n) is 20.9. The van der Waals surface area contributed by atoms with Crippen molar-refractivity contribution in [1.29, 1.82) is 5.26 Å². The van der Waals surface area contributed by atoms with Crippen LogP contribution in [-0.4, -0.2) is 33.5 Å². The number of nitrogens with zero attached hydrogens (tertiary/aromatic N) is 2. The van der Waals surface area contributed by atoms with Crippen LogP contribution in [0, 0.1) is 18.3 Å². The van der Waals surface area contributed by atoms with Crippen molar-refractivity contribution >= 4 is 23.5 Å². The van der Waals surface area contributed by atoms with Crippen molar-refractivity contribution in [3.63, 3.8) is 0 Å². The first-order valence-corrected chi connectivity index (χ1v) is 14.7. The Bertz CT molecular complexity index is 1080. The zero-order valence-corrected chi connectivity index (χ0v) is 22.5. The number of hydrogen-bond acceptors (Lipinski definition) is 5. The summed E-state index contributed by atoms with van der Waals surface area (Å²) in [4.78, 5) is 4.87. The fraction of sp³-hybridized carbons (Fsp3) is 0.400. The summed E-state index contributed by atoms with van der Waals surface area (Å²) in [5.41, 5.74) is 5.52. The lowest BCUT2D eigenvalue weighted by Gasteiger charge is -2.14. The first-order valence-electron chi connectivity index (χ1n) is 12.6. The highest BCUT2D eigenvalue weighted by Gasteiger charge is 2.17. The first kappa shape index (κ1) is 27.3. The molecule has 0 bridgehead atoms. The Labute approximate surface area is 219 Å². The number of aromatic nitrogens is 1. The summed E-state index contributed by atoms with van der Waals surface area (Å²) in [6.45, 7) is 4.31. The van der Waals surface area contributed by atoms with Crippen molar-refractivity contribution in [1.82, 2.24) is 4.98 Å². The molecule has 1 N–H and O–H groups in total. The third-order valence-corrected chi connectivity index (χ3v) is 8.21. The lowest BCUT2D eigenvalue weighted by atomic mass is 9.99. The number of nitriles is 1. The van der Waals surface area contributed by atoms with E-state index < -0.39 is 6.10 Å². The minimum absolute atomic E-state index is 0.429. The Morgan fingerprint density at radius 2 is 1.63 bits per heavy atom. The predicted molar refractivity (Wildman–Crippen MR) is 152 cm³/mol. The van der Waals surface area contributed by atoms with Crippen LogP contribution in [0.1, 0.15) is 56.6 Å². The Balaban J connectivity index is 1.69.